The van der Waals surface area contributed by atoms with E-state index in [4.69, 9.17) is 24.3 Å². The molecule has 87 heavy (non-hydrogen) atoms. The number of phosphoric acid groups is 1. The highest BCUT2D eigenvalue weighted by Gasteiger charge is 2.26. The molecule has 2 unspecified atom stereocenters. The SMILES string of the molecule is CC/C=C\C/C=C\C/C=C\C/C=C\C/C=C\C/C=C\C/C=C\C/C=C\CCCCCCCCC(=O)OC(COC(=O)CCCCCCCCCCCCCCC/C=C\C/C=C\C/C=C\C/C=C\C/C=C\C/C=C\C/C=C\CC)COP(=O)(O)OCCN. The molecule has 0 bridgehead atoms. The van der Waals surface area contributed by atoms with Crippen LogP contribution in [0.4, 0.5) is 0 Å². The van der Waals surface area contributed by atoms with E-state index in [-0.39, 0.29) is 32.6 Å². The highest BCUT2D eigenvalue weighted by Crippen LogP contribution is 2.43. The van der Waals surface area contributed by atoms with E-state index in [9.17, 15) is 19.0 Å². The molecule has 10 heteroatoms. The summed E-state index contributed by atoms with van der Waals surface area (Å²) in [6, 6.07) is 0. The van der Waals surface area contributed by atoms with E-state index in [0.29, 0.717) is 6.42 Å². The molecule has 0 aliphatic heterocycles. The van der Waals surface area contributed by atoms with Crippen molar-refractivity contribution in [2.45, 2.75) is 264 Å². The first kappa shape index (κ1) is 82.1. The van der Waals surface area contributed by atoms with E-state index >= 15 is 0 Å². The third-order valence-corrected chi connectivity index (χ3v) is 14.8. The van der Waals surface area contributed by atoms with Gasteiger partial charge in [-0.2, -0.15) is 0 Å². The molecule has 0 amide bonds. The highest BCUT2D eigenvalue weighted by molar-refractivity contribution is 7.47. The second kappa shape index (κ2) is 70.2. The van der Waals surface area contributed by atoms with E-state index in [1.54, 1.807) is 0 Å². The summed E-state index contributed by atoms with van der Waals surface area (Å²) in [5, 5.41) is 0. The fraction of sp³-hybridized carbons (Fsp3) is 0.584. The van der Waals surface area contributed by atoms with Crippen LogP contribution in [0.1, 0.15) is 258 Å². The molecule has 0 saturated carbocycles. The van der Waals surface area contributed by atoms with Crippen molar-refractivity contribution >= 4 is 19.8 Å². The van der Waals surface area contributed by atoms with Gasteiger partial charge in [0.05, 0.1) is 13.2 Å². The number of carbonyl (C=O) groups excluding carboxylic acids is 2. The molecule has 490 valence electrons. The van der Waals surface area contributed by atoms with Gasteiger partial charge in [0.1, 0.15) is 6.61 Å². The monoisotopic (exact) mass is 1220 g/mol. The number of nitrogens with two attached hydrogens (primary N) is 1. The number of phosphoric ester groups is 1. The van der Waals surface area contributed by atoms with Crippen LogP contribution in [0.5, 0.6) is 0 Å². The average molecular weight is 1220 g/mol. The number of hydrogen-bond donors (Lipinski definition) is 2. The van der Waals surface area contributed by atoms with Crippen molar-refractivity contribution in [3.63, 3.8) is 0 Å². The van der Waals surface area contributed by atoms with Crippen LogP contribution in [0.3, 0.4) is 0 Å². The summed E-state index contributed by atoms with van der Waals surface area (Å²) >= 11 is 0. The number of ether oxygens (including phenoxy) is 2. The van der Waals surface area contributed by atoms with E-state index in [2.05, 4.69) is 196 Å². The van der Waals surface area contributed by atoms with E-state index in [0.717, 1.165) is 161 Å². The maximum Gasteiger partial charge on any atom is 0.472 e. The Labute approximate surface area is 533 Å². The van der Waals surface area contributed by atoms with Gasteiger partial charge in [0.2, 0.25) is 0 Å². The van der Waals surface area contributed by atoms with Gasteiger partial charge in [0.25, 0.3) is 0 Å². The van der Waals surface area contributed by atoms with Crippen LogP contribution < -0.4 is 5.73 Å². The molecular weight excluding hydrogens is 1100 g/mol. The third kappa shape index (κ3) is 70.1. The molecule has 0 saturated heterocycles. The van der Waals surface area contributed by atoms with E-state index < -0.39 is 32.5 Å². The van der Waals surface area contributed by atoms with Crippen LogP contribution in [0, 0.1) is 0 Å². The van der Waals surface area contributed by atoms with Gasteiger partial charge in [0.15, 0.2) is 6.10 Å². The Bertz CT molecular complexity index is 2080. The molecule has 0 aromatic rings. The van der Waals surface area contributed by atoms with Gasteiger partial charge in [-0.3, -0.25) is 18.6 Å². The predicted octanol–water partition coefficient (Wildman–Crippen LogP) is 22.7. The van der Waals surface area contributed by atoms with Crippen molar-refractivity contribution in [3.8, 4) is 0 Å². The van der Waals surface area contributed by atoms with Crippen LogP contribution in [0.15, 0.2) is 182 Å². The second-order valence-electron chi connectivity index (χ2n) is 21.9. The molecule has 0 aromatic carbocycles. The molecular formula is C77H124NO8P. The molecule has 2 atom stereocenters. The first-order chi connectivity index (χ1) is 42.8. The van der Waals surface area contributed by atoms with Gasteiger partial charge in [0, 0.05) is 19.4 Å². The first-order valence-electron chi connectivity index (χ1n) is 34.3. The molecule has 0 aliphatic carbocycles. The van der Waals surface area contributed by atoms with Gasteiger partial charge in [-0.05, 0) is 135 Å². The van der Waals surface area contributed by atoms with Crippen molar-refractivity contribution in [3.05, 3.63) is 182 Å². The standard InChI is InChI=1S/C77H124NO8P/c1-3-5-7-9-11-13-15-17-19-21-23-25-27-29-31-33-35-36-37-38-40-41-43-45-47-49-51-53-55-57-59-61-63-65-67-69-76(79)83-73-75(74-85-87(81,82)84-72-71-78)86-77(80)70-68-66-64-62-60-58-56-54-52-50-48-46-44-42-39-34-32-30-28-26-24-22-20-18-16-14-12-10-8-6-4-2/h5-8,11-14,17-20,23-26,29-32,35-36,38-40,42,46,48,52,54,75H,3-4,9-10,15-16,21-22,27-28,33-34,37,41,43-45,47,49-51,53,55-74,78H2,1-2H3,(H,81,82)/b7-5-,8-6-,13-11-,14-12-,19-17-,20-18-,25-23-,26-24-,31-29-,32-30-,36-35-,40-38-,42-39-,48-46-,54-52-. The highest BCUT2D eigenvalue weighted by atomic mass is 31.2. The van der Waals surface area contributed by atoms with Gasteiger partial charge in [-0.25, -0.2) is 4.57 Å². The normalized spacial score (nSPS) is 14.1. The maximum atomic E-state index is 12.8. The summed E-state index contributed by atoms with van der Waals surface area (Å²) in [5.74, 6) is -0.856. The lowest BCUT2D eigenvalue weighted by Crippen LogP contribution is -2.29. The number of allylic oxidation sites excluding steroid dienone is 30. The summed E-state index contributed by atoms with van der Waals surface area (Å²) in [4.78, 5) is 35.4. The fourth-order valence-electron chi connectivity index (χ4n) is 8.81. The lowest BCUT2D eigenvalue weighted by molar-refractivity contribution is -0.161. The Kier molecular flexibility index (Phi) is 66.3. The molecule has 0 spiro atoms. The minimum atomic E-state index is -4.41. The molecule has 0 rings (SSSR count). The third-order valence-electron chi connectivity index (χ3n) is 13.8. The summed E-state index contributed by atoms with van der Waals surface area (Å²) in [5.41, 5.74) is 5.40. The van der Waals surface area contributed by atoms with Gasteiger partial charge >= 0.3 is 19.8 Å². The van der Waals surface area contributed by atoms with Crippen molar-refractivity contribution < 1.29 is 37.6 Å². The number of unbranched alkanes of at least 4 members (excludes halogenated alkanes) is 19. The lowest BCUT2D eigenvalue weighted by atomic mass is 10.0. The van der Waals surface area contributed by atoms with Crippen molar-refractivity contribution in [2.24, 2.45) is 5.73 Å². The molecule has 0 aromatic heterocycles. The molecule has 0 radical (unpaired) electrons. The predicted molar refractivity (Wildman–Crippen MR) is 376 cm³/mol. The zero-order chi connectivity index (χ0) is 63.0. The van der Waals surface area contributed by atoms with Crippen LogP contribution in [0.25, 0.3) is 0 Å². The zero-order valence-electron chi connectivity index (χ0n) is 54.9. The smallest absolute Gasteiger partial charge is 0.462 e. The van der Waals surface area contributed by atoms with Crippen LogP contribution in [-0.2, 0) is 32.7 Å². The quantitative estimate of drug-likeness (QED) is 0.0264. The van der Waals surface area contributed by atoms with Crippen LogP contribution in [-0.4, -0.2) is 49.3 Å². The summed E-state index contributed by atoms with van der Waals surface area (Å²) in [6.07, 6.45) is 105. The van der Waals surface area contributed by atoms with Crippen LogP contribution >= 0.6 is 7.82 Å². The Morgan fingerprint density at radius 3 is 0.885 bits per heavy atom. The summed E-state index contributed by atoms with van der Waals surface area (Å²) in [6.45, 7) is 3.49. The van der Waals surface area contributed by atoms with Gasteiger partial charge < -0.3 is 20.1 Å². The van der Waals surface area contributed by atoms with E-state index in [1.165, 1.54) is 64.2 Å². The average Bonchev–Trinajstić information content (AvgIpc) is 3.66. The molecule has 0 heterocycles. The Balaban J connectivity index is 4.00. The topological polar surface area (TPSA) is 134 Å². The van der Waals surface area contributed by atoms with E-state index in [1.807, 2.05) is 0 Å². The van der Waals surface area contributed by atoms with Gasteiger partial charge in [-0.1, -0.05) is 292 Å². The second-order valence-corrected chi connectivity index (χ2v) is 23.4. The number of carbonyl (C=O) groups is 2. The number of rotatable bonds is 62. The van der Waals surface area contributed by atoms with Crippen molar-refractivity contribution in [2.75, 3.05) is 26.4 Å². The Morgan fingerprint density at radius 1 is 0.345 bits per heavy atom. The molecule has 0 aliphatic rings. The number of hydrogen-bond acceptors (Lipinski definition) is 8. The first-order valence-corrected chi connectivity index (χ1v) is 35.8. The zero-order valence-corrected chi connectivity index (χ0v) is 55.8. The fourth-order valence-corrected chi connectivity index (χ4v) is 9.57. The number of esters is 2. The molecule has 9 nitrogen and oxygen atoms in total. The maximum absolute atomic E-state index is 12.8. The minimum Gasteiger partial charge on any atom is -0.462 e. The summed E-state index contributed by atoms with van der Waals surface area (Å²) in [7, 11) is -4.41. The van der Waals surface area contributed by atoms with Crippen molar-refractivity contribution in [1.29, 1.82) is 0 Å². The molecule has 0 fully saturated rings. The largest absolute Gasteiger partial charge is 0.472 e. The summed E-state index contributed by atoms with van der Waals surface area (Å²) < 4.78 is 33.1. The minimum absolute atomic E-state index is 0.0414. The van der Waals surface area contributed by atoms with Crippen molar-refractivity contribution in [1.82, 2.24) is 0 Å². The van der Waals surface area contributed by atoms with Crippen LogP contribution in [0.2, 0.25) is 0 Å². The van der Waals surface area contributed by atoms with Gasteiger partial charge in [-0.15, -0.1) is 0 Å². The lowest BCUT2D eigenvalue weighted by Gasteiger charge is -2.19. The Hall–Kier alpha value is -4.89. The molecule has 3 N–H and O–H groups in total. The Morgan fingerprint density at radius 2 is 0.598 bits per heavy atom.